The van der Waals surface area contributed by atoms with Crippen LogP contribution in [0.2, 0.25) is 0 Å². The molecule has 1 aliphatic rings. The number of carbonyl (C=O) groups is 2. The van der Waals surface area contributed by atoms with Crippen LogP contribution in [0.25, 0.3) is 0 Å². The Kier molecular flexibility index (Phi) is 7.64. The van der Waals surface area contributed by atoms with Gasteiger partial charge in [0.1, 0.15) is 12.4 Å². The van der Waals surface area contributed by atoms with Gasteiger partial charge < -0.3 is 19.5 Å². The second-order valence-electron chi connectivity index (χ2n) is 7.16. The lowest BCUT2D eigenvalue weighted by molar-refractivity contribution is -0.124. The third-order valence-corrected chi connectivity index (χ3v) is 4.86. The van der Waals surface area contributed by atoms with Crippen LogP contribution in [0.3, 0.4) is 0 Å². The Balaban J connectivity index is 1.37. The SMILES string of the molecule is C[C@H](CNC(=O)COC(=O)c1ccc(OC[C@@H]2CCCO2)cc1)c1ccccc1. The first kappa shape index (κ1) is 20.9. The van der Waals surface area contributed by atoms with Crippen molar-refractivity contribution >= 4 is 11.9 Å². The van der Waals surface area contributed by atoms with Gasteiger partial charge in [0.25, 0.3) is 5.91 Å². The van der Waals surface area contributed by atoms with E-state index in [-0.39, 0.29) is 24.5 Å². The summed E-state index contributed by atoms with van der Waals surface area (Å²) < 4.78 is 16.3. The number of carbonyl (C=O) groups excluding carboxylic acids is 2. The molecule has 1 saturated heterocycles. The lowest BCUT2D eigenvalue weighted by Gasteiger charge is -2.13. The monoisotopic (exact) mass is 397 g/mol. The van der Waals surface area contributed by atoms with Gasteiger partial charge in [-0.1, -0.05) is 37.3 Å². The number of nitrogens with one attached hydrogen (secondary N) is 1. The van der Waals surface area contributed by atoms with E-state index >= 15 is 0 Å². The molecule has 3 rings (SSSR count). The molecule has 1 amide bonds. The zero-order valence-corrected chi connectivity index (χ0v) is 16.6. The predicted octanol–water partition coefficient (Wildman–Crippen LogP) is 3.32. The van der Waals surface area contributed by atoms with Crippen molar-refractivity contribution < 1.29 is 23.8 Å². The molecule has 6 nitrogen and oxygen atoms in total. The van der Waals surface area contributed by atoms with E-state index in [9.17, 15) is 9.59 Å². The zero-order valence-electron chi connectivity index (χ0n) is 16.6. The molecule has 1 fully saturated rings. The van der Waals surface area contributed by atoms with Crippen molar-refractivity contribution in [3.05, 3.63) is 65.7 Å². The molecular formula is C23H27NO5. The van der Waals surface area contributed by atoms with Crippen LogP contribution in [0.4, 0.5) is 0 Å². The van der Waals surface area contributed by atoms with Crippen LogP contribution in [0, 0.1) is 0 Å². The number of benzene rings is 2. The number of amides is 1. The molecule has 0 radical (unpaired) electrons. The fraction of sp³-hybridized carbons (Fsp3) is 0.391. The van der Waals surface area contributed by atoms with E-state index in [1.165, 1.54) is 0 Å². The first-order valence-corrected chi connectivity index (χ1v) is 9.95. The summed E-state index contributed by atoms with van der Waals surface area (Å²) >= 11 is 0. The summed E-state index contributed by atoms with van der Waals surface area (Å²) in [5, 5.41) is 2.79. The third-order valence-electron chi connectivity index (χ3n) is 4.86. The van der Waals surface area contributed by atoms with Gasteiger partial charge in [0, 0.05) is 13.2 Å². The van der Waals surface area contributed by atoms with Crippen LogP contribution in [0.5, 0.6) is 5.75 Å². The highest BCUT2D eigenvalue weighted by molar-refractivity contribution is 5.91. The second kappa shape index (κ2) is 10.6. The highest BCUT2D eigenvalue weighted by atomic mass is 16.5. The van der Waals surface area contributed by atoms with Gasteiger partial charge in [-0.05, 0) is 48.6 Å². The molecule has 1 aliphatic heterocycles. The van der Waals surface area contributed by atoms with Crippen molar-refractivity contribution in [2.45, 2.75) is 31.8 Å². The standard InChI is InChI=1S/C23H27NO5/c1-17(18-6-3-2-4-7-18)14-24-22(25)16-29-23(26)19-9-11-20(12-10-19)28-15-21-8-5-13-27-21/h2-4,6-7,9-12,17,21H,5,8,13-16H2,1H3,(H,24,25)/t17-,21+/m1/s1. The number of esters is 1. The number of hydrogen-bond donors (Lipinski definition) is 1. The molecule has 6 heteroatoms. The average Bonchev–Trinajstić information content (AvgIpc) is 3.29. The van der Waals surface area contributed by atoms with Crippen LogP contribution in [-0.4, -0.2) is 44.3 Å². The fourth-order valence-electron chi connectivity index (χ4n) is 3.08. The molecule has 0 unspecified atom stereocenters. The smallest absolute Gasteiger partial charge is 0.338 e. The van der Waals surface area contributed by atoms with Gasteiger partial charge in [-0.15, -0.1) is 0 Å². The Morgan fingerprint density at radius 3 is 2.59 bits per heavy atom. The predicted molar refractivity (Wildman–Crippen MR) is 109 cm³/mol. The molecule has 1 heterocycles. The van der Waals surface area contributed by atoms with Crippen LogP contribution < -0.4 is 10.1 Å². The van der Waals surface area contributed by atoms with Crippen LogP contribution in [-0.2, 0) is 14.3 Å². The molecular weight excluding hydrogens is 370 g/mol. The van der Waals surface area contributed by atoms with Crippen molar-refractivity contribution in [2.24, 2.45) is 0 Å². The van der Waals surface area contributed by atoms with Gasteiger partial charge in [0.05, 0.1) is 11.7 Å². The van der Waals surface area contributed by atoms with E-state index < -0.39 is 5.97 Å². The maximum absolute atomic E-state index is 12.1. The average molecular weight is 397 g/mol. The van der Waals surface area contributed by atoms with Gasteiger partial charge in [0.15, 0.2) is 6.61 Å². The third kappa shape index (κ3) is 6.61. The summed E-state index contributed by atoms with van der Waals surface area (Å²) in [5.74, 6) is -0.0118. The molecule has 0 spiro atoms. The van der Waals surface area contributed by atoms with E-state index in [0.29, 0.717) is 24.5 Å². The number of hydrogen-bond acceptors (Lipinski definition) is 5. The van der Waals surface area contributed by atoms with E-state index in [4.69, 9.17) is 14.2 Å². The molecule has 2 aromatic rings. The summed E-state index contributed by atoms with van der Waals surface area (Å²) in [7, 11) is 0. The number of ether oxygens (including phenoxy) is 3. The fourth-order valence-corrected chi connectivity index (χ4v) is 3.08. The summed E-state index contributed by atoms with van der Waals surface area (Å²) in [4.78, 5) is 24.1. The second-order valence-corrected chi connectivity index (χ2v) is 7.16. The van der Waals surface area contributed by atoms with Crippen LogP contribution >= 0.6 is 0 Å². The van der Waals surface area contributed by atoms with Crippen molar-refractivity contribution in [1.29, 1.82) is 0 Å². The highest BCUT2D eigenvalue weighted by Crippen LogP contribution is 2.17. The molecule has 2 aromatic carbocycles. The highest BCUT2D eigenvalue weighted by Gasteiger charge is 2.16. The minimum absolute atomic E-state index is 0.141. The molecule has 0 bridgehead atoms. The molecule has 0 aliphatic carbocycles. The van der Waals surface area contributed by atoms with Gasteiger partial charge in [-0.25, -0.2) is 4.79 Å². The summed E-state index contributed by atoms with van der Waals surface area (Å²) in [5.41, 5.74) is 1.52. The van der Waals surface area contributed by atoms with Crippen LogP contribution in [0.15, 0.2) is 54.6 Å². The van der Waals surface area contributed by atoms with Gasteiger partial charge in [0.2, 0.25) is 0 Å². The van der Waals surface area contributed by atoms with E-state index in [2.05, 4.69) is 5.32 Å². The zero-order chi connectivity index (χ0) is 20.5. The van der Waals surface area contributed by atoms with Crippen molar-refractivity contribution in [3.8, 4) is 5.75 Å². The normalized spacial score (nSPS) is 16.8. The van der Waals surface area contributed by atoms with Crippen molar-refractivity contribution in [2.75, 3.05) is 26.4 Å². The summed E-state index contributed by atoms with van der Waals surface area (Å²) in [6, 6.07) is 16.6. The largest absolute Gasteiger partial charge is 0.491 e. The minimum Gasteiger partial charge on any atom is -0.491 e. The van der Waals surface area contributed by atoms with Crippen molar-refractivity contribution in [3.63, 3.8) is 0 Å². The minimum atomic E-state index is -0.540. The van der Waals surface area contributed by atoms with Crippen LogP contribution in [0.1, 0.15) is 41.6 Å². The Morgan fingerprint density at radius 2 is 1.90 bits per heavy atom. The lowest BCUT2D eigenvalue weighted by atomic mass is 10.0. The molecule has 1 N–H and O–H groups in total. The first-order valence-electron chi connectivity index (χ1n) is 9.95. The molecule has 0 aromatic heterocycles. The molecule has 29 heavy (non-hydrogen) atoms. The van der Waals surface area contributed by atoms with E-state index in [1.54, 1.807) is 24.3 Å². The Hall–Kier alpha value is -2.86. The summed E-state index contributed by atoms with van der Waals surface area (Å²) in [6.45, 7) is 3.50. The lowest BCUT2D eigenvalue weighted by Crippen LogP contribution is -2.31. The van der Waals surface area contributed by atoms with E-state index in [0.717, 1.165) is 25.0 Å². The maximum Gasteiger partial charge on any atom is 0.338 e. The van der Waals surface area contributed by atoms with Gasteiger partial charge in [-0.2, -0.15) is 0 Å². The van der Waals surface area contributed by atoms with Gasteiger partial charge >= 0.3 is 5.97 Å². The Morgan fingerprint density at radius 1 is 1.14 bits per heavy atom. The molecule has 0 saturated carbocycles. The van der Waals surface area contributed by atoms with E-state index in [1.807, 2.05) is 37.3 Å². The summed E-state index contributed by atoms with van der Waals surface area (Å²) in [6.07, 6.45) is 2.22. The Labute approximate surface area is 171 Å². The Bertz CT molecular complexity index is 785. The maximum atomic E-state index is 12.1. The topological polar surface area (TPSA) is 73.9 Å². The first-order chi connectivity index (χ1) is 14.1. The molecule has 154 valence electrons. The van der Waals surface area contributed by atoms with Crippen molar-refractivity contribution in [1.82, 2.24) is 5.32 Å². The quantitative estimate of drug-likeness (QED) is 0.657. The number of rotatable bonds is 9. The molecule has 2 atom stereocenters. The van der Waals surface area contributed by atoms with Gasteiger partial charge in [-0.3, -0.25) is 4.79 Å².